The Bertz CT molecular complexity index is 506. The number of benzene rings is 1. The number of nitrogens with zero attached hydrogens (tertiary/aromatic N) is 1. The van der Waals surface area contributed by atoms with E-state index in [1.807, 2.05) is 0 Å². The van der Waals surface area contributed by atoms with Crippen molar-refractivity contribution in [1.82, 2.24) is 5.32 Å². The Morgan fingerprint density at radius 3 is 2.65 bits per heavy atom. The van der Waals surface area contributed by atoms with Crippen molar-refractivity contribution >= 4 is 11.6 Å². The second-order valence-electron chi connectivity index (χ2n) is 4.80. The minimum Gasteiger partial charge on any atom is -0.484 e. The van der Waals surface area contributed by atoms with Gasteiger partial charge in [0.15, 0.2) is 5.75 Å². The first-order chi connectivity index (χ1) is 9.30. The zero-order chi connectivity index (χ0) is 15.3. The minimum atomic E-state index is -0.928. The van der Waals surface area contributed by atoms with Gasteiger partial charge in [0.05, 0.1) is 16.6 Å². The van der Waals surface area contributed by atoms with Crippen LogP contribution in [-0.4, -0.2) is 29.5 Å². The average molecular weight is 281 g/mol. The number of carbonyl (C=O) groups is 1. The van der Waals surface area contributed by atoms with Gasteiger partial charge in [-0.05, 0) is 27.0 Å². The van der Waals surface area contributed by atoms with Gasteiger partial charge in [-0.15, -0.1) is 0 Å². The Hall–Kier alpha value is -2.15. The first-order valence-corrected chi connectivity index (χ1v) is 6.19. The second-order valence-corrected chi connectivity index (χ2v) is 4.80. The van der Waals surface area contributed by atoms with Crippen molar-refractivity contribution in [1.29, 1.82) is 0 Å². The van der Waals surface area contributed by atoms with Gasteiger partial charge >= 0.3 is 5.69 Å². The number of nitro benzene ring substituents is 1. The van der Waals surface area contributed by atoms with E-state index in [1.165, 1.54) is 12.1 Å². The van der Waals surface area contributed by atoms with Gasteiger partial charge in [0.1, 0.15) is 0 Å². The number of likely N-dealkylation sites (N-methyl/N-ethyl adjacent to an activating group) is 1. The molecule has 2 atom stereocenters. The van der Waals surface area contributed by atoms with Crippen molar-refractivity contribution in [2.24, 2.45) is 5.73 Å². The summed E-state index contributed by atoms with van der Waals surface area (Å²) in [4.78, 5) is 21.8. The molecule has 7 nitrogen and oxygen atoms in total. The summed E-state index contributed by atoms with van der Waals surface area (Å²) in [7, 11) is 1.63. The number of nitrogens with one attached hydrogen (secondary N) is 1. The summed E-state index contributed by atoms with van der Waals surface area (Å²) < 4.78 is 5.57. The molecule has 0 fully saturated rings. The molecule has 0 aliphatic heterocycles. The Balaban J connectivity index is 2.84. The third kappa shape index (κ3) is 3.67. The highest BCUT2D eigenvalue weighted by atomic mass is 16.6. The third-order valence-electron chi connectivity index (χ3n) is 3.18. The van der Waals surface area contributed by atoms with Gasteiger partial charge in [-0.3, -0.25) is 14.9 Å². The maximum atomic E-state index is 11.4. The molecule has 7 heteroatoms. The molecule has 2 unspecified atom stereocenters. The fourth-order valence-electron chi connectivity index (χ4n) is 1.87. The van der Waals surface area contributed by atoms with Crippen LogP contribution in [0.4, 0.5) is 5.69 Å². The van der Waals surface area contributed by atoms with Gasteiger partial charge in [0.2, 0.25) is 5.91 Å². The molecular formula is C13H19N3O4. The lowest BCUT2D eigenvalue weighted by Gasteiger charge is -2.28. The number of para-hydroxylation sites is 2. The van der Waals surface area contributed by atoms with Crippen molar-refractivity contribution in [3.8, 4) is 5.75 Å². The number of nitro groups is 1. The Labute approximate surface area is 117 Å². The molecule has 1 rings (SSSR count). The minimum absolute atomic E-state index is 0.107. The molecule has 1 aromatic rings. The van der Waals surface area contributed by atoms with Crippen molar-refractivity contribution in [3.05, 3.63) is 34.4 Å². The van der Waals surface area contributed by atoms with Crippen LogP contribution >= 0.6 is 0 Å². The molecule has 0 saturated carbocycles. The van der Waals surface area contributed by atoms with E-state index in [9.17, 15) is 14.9 Å². The first kappa shape index (κ1) is 15.9. The van der Waals surface area contributed by atoms with Gasteiger partial charge in [0.25, 0.3) is 0 Å². The molecule has 0 saturated heterocycles. The summed E-state index contributed by atoms with van der Waals surface area (Å²) in [5.41, 5.74) is 4.30. The highest BCUT2D eigenvalue weighted by Crippen LogP contribution is 2.28. The fraction of sp³-hybridized carbons (Fsp3) is 0.462. The molecule has 0 aliphatic rings. The zero-order valence-corrected chi connectivity index (χ0v) is 11.8. The Morgan fingerprint density at radius 1 is 1.55 bits per heavy atom. The highest BCUT2D eigenvalue weighted by Gasteiger charge is 2.32. The van der Waals surface area contributed by atoms with Crippen molar-refractivity contribution in [3.63, 3.8) is 0 Å². The summed E-state index contributed by atoms with van der Waals surface area (Å²) in [6, 6.07) is 6.11. The number of carbonyl (C=O) groups excluding carboxylic acids is 1. The molecule has 110 valence electrons. The van der Waals surface area contributed by atoms with Crippen LogP contribution in [0.2, 0.25) is 0 Å². The normalized spacial score (nSPS) is 15.2. The summed E-state index contributed by atoms with van der Waals surface area (Å²) in [6.07, 6.45) is -0.119. The molecule has 0 spiro atoms. The van der Waals surface area contributed by atoms with Crippen LogP contribution in [0.5, 0.6) is 5.75 Å². The van der Waals surface area contributed by atoms with Crippen molar-refractivity contribution in [2.75, 3.05) is 7.05 Å². The number of nitrogens with two attached hydrogens (primary N) is 1. The predicted octanol–water partition coefficient (Wildman–Crippen LogP) is 1.22. The van der Waals surface area contributed by atoms with Crippen LogP contribution in [0.3, 0.4) is 0 Å². The standard InChI is InChI=1S/C13H19N3O4/c1-9(8-13(2,15-3)12(14)17)20-11-7-5-4-6-10(11)16(18)19/h4-7,9,15H,8H2,1-3H3,(H2,14,17). The van der Waals surface area contributed by atoms with E-state index in [0.29, 0.717) is 6.42 Å². The molecule has 1 aromatic carbocycles. The number of hydrogen-bond donors (Lipinski definition) is 2. The van der Waals surface area contributed by atoms with E-state index < -0.39 is 22.5 Å². The number of ether oxygens (including phenoxy) is 1. The molecule has 0 radical (unpaired) electrons. The lowest BCUT2D eigenvalue weighted by atomic mass is 9.94. The molecular weight excluding hydrogens is 262 g/mol. The summed E-state index contributed by atoms with van der Waals surface area (Å²) >= 11 is 0. The SMILES string of the molecule is CNC(C)(CC(C)Oc1ccccc1[N+](=O)[O-])C(N)=O. The van der Waals surface area contributed by atoms with Crippen LogP contribution < -0.4 is 15.8 Å². The Morgan fingerprint density at radius 2 is 2.15 bits per heavy atom. The molecule has 0 heterocycles. The smallest absolute Gasteiger partial charge is 0.310 e. The lowest BCUT2D eigenvalue weighted by Crippen LogP contribution is -2.53. The van der Waals surface area contributed by atoms with Crippen molar-refractivity contribution in [2.45, 2.75) is 31.9 Å². The quantitative estimate of drug-likeness (QED) is 0.577. The number of hydrogen-bond acceptors (Lipinski definition) is 5. The molecule has 3 N–H and O–H groups in total. The summed E-state index contributed by atoms with van der Waals surface area (Å²) in [5.74, 6) is -0.328. The van der Waals surface area contributed by atoms with Gasteiger partial charge in [-0.1, -0.05) is 12.1 Å². The molecule has 1 amide bonds. The third-order valence-corrected chi connectivity index (χ3v) is 3.18. The van der Waals surface area contributed by atoms with Crippen LogP contribution in [-0.2, 0) is 4.79 Å². The zero-order valence-electron chi connectivity index (χ0n) is 11.8. The number of primary amides is 1. The summed E-state index contributed by atoms with van der Waals surface area (Å²) in [6.45, 7) is 3.39. The van der Waals surface area contributed by atoms with Crippen molar-refractivity contribution < 1.29 is 14.5 Å². The molecule has 20 heavy (non-hydrogen) atoms. The topological polar surface area (TPSA) is 107 Å². The maximum Gasteiger partial charge on any atom is 0.310 e. The second kappa shape index (κ2) is 6.33. The van der Waals surface area contributed by atoms with Crippen LogP contribution in [0.25, 0.3) is 0 Å². The monoisotopic (exact) mass is 281 g/mol. The van der Waals surface area contributed by atoms with Crippen LogP contribution in [0.15, 0.2) is 24.3 Å². The van der Waals surface area contributed by atoms with Gasteiger partial charge in [0, 0.05) is 12.5 Å². The number of rotatable bonds is 7. The first-order valence-electron chi connectivity index (χ1n) is 6.19. The highest BCUT2D eigenvalue weighted by molar-refractivity contribution is 5.84. The molecule has 0 bridgehead atoms. The fourth-order valence-corrected chi connectivity index (χ4v) is 1.87. The van der Waals surface area contributed by atoms with Gasteiger partial charge in [-0.2, -0.15) is 0 Å². The molecule has 0 aliphatic carbocycles. The largest absolute Gasteiger partial charge is 0.484 e. The number of amides is 1. The summed E-state index contributed by atoms with van der Waals surface area (Å²) in [5, 5.41) is 13.7. The predicted molar refractivity (Wildman–Crippen MR) is 74.5 cm³/mol. The van der Waals surface area contributed by atoms with E-state index >= 15 is 0 Å². The van der Waals surface area contributed by atoms with E-state index in [4.69, 9.17) is 10.5 Å². The Kier molecular flexibility index (Phi) is 5.04. The molecule has 0 aromatic heterocycles. The van der Waals surface area contributed by atoms with E-state index in [-0.39, 0.29) is 11.4 Å². The van der Waals surface area contributed by atoms with Gasteiger partial charge in [-0.25, -0.2) is 0 Å². The average Bonchev–Trinajstić information content (AvgIpc) is 2.38. The lowest BCUT2D eigenvalue weighted by molar-refractivity contribution is -0.386. The van der Waals surface area contributed by atoms with E-state index in [1.54, 1.807) is 33.0 Å². The van der Waals surface area contributed by atoms with Gasteiger partial charge < -0.3 is 15.8 Å². The van der Waals surface area contributed by atoms with Crippen LogP contribution in [0, 0.1) is 10.1 Å². The van der Waals surface area contributed by atoms with E-state index in [0.717, 1.165) is 0 Å². The van der Waals surface area contributed by atoms with E-state index in [2.05, 4.69) is 5.32 Å². The van der Waals surface area contributed by atoms with Crippen LogP contribution in [0.1, 0.15) is 20.3 Å². The maximum absolute atomic E-state index is 11.4.